The molecular formula is C10H16N4O3S. The maximum absolute atomic E-state index is 11.4. The predicted molar refractivity (Wildman–Crippen MR) is 67.1 cm³/mol. The van der Waals surface area contributed by atoms with Crippen molar-refractivity contribution in [2.75, 3.05) is 5.75 Å². The van der Waals surface area contributed by atoms with Crippen LogP contribution in [-0.2, 0) is 22.7 Å². The van der Waals surface area contributed by atoms with Crippen molar-refractivity contribution in [3.8, 4) is 0 Å². The van der Waals surface area contributed by atoms with Gasteiger partial charge in [-0.05, 0) is 5.25 Å². The lowest BCUT2D eigenvalue weighted by atomic mass is 10.4. The van der Waals surface area contributed by atoms with Crippen molar-refractivity contribution in [2.45, 2.75) is 32.2 Å². The maximum atomic E-state index is 11.4. The fourth-order valence-corrected chi connectivity index (χ4v) is 1.70. The molecule has 0 aromatic carbocycles. The van der Waals surface area contributed by atoms with Gasteiger partial charge >= 0.3 is 5.97 Å². The molecule has 0 spiro atoms. The number of amides is 1. The molecule has 1 aromatic heterocycles. The van der Waals surface area contributed by atoms with Gasteiger partial charge in [0.1, 0.15) is 12.2 Å². The van der Waals surface area contributed by atoms with Crippen LogP contribution in [-0.4, -0.2) is 43.0 Å². The molecule has 8 heteroatoms. The summed E-state index contributed by atoms with van der Waals surface area (Å²) < 4.78 is 1.21. The second-order valence-electron chi connectivity index (χ2n) is 3.94. The van der Waals surface area contributed by atoms with Crippen LogP contribution in [0.15, 0.2) is 6.20 Å². The quantitative estimate of drug-likeness (QED) is 0.731. The van der Waals surface area contributed by atoms with Gasteiger partial charge in [-0.2, -0.15) is 0 Å². The third-order valence-corrected chi connectivity index (χ3v) is 2.99. The van der Waals surface area contributed by atoms with E-state index >= 15 is 0 Å². The lowest BCUT2D eigenvalue weighted by Crippen LogP contribution is -2.25. The molecule has 0 fully saturated rings. The Hall–Kier alpha value is -1.57. The lowest BCUT2D eigenvalue weighted by molar-refractivity contribution is -0.137. The SMILES string of the molecule is CC(C)SCC(=O)NCc1cn(CC(=O)O)nn1. The molecule has 100 valence electrons. The zero-order valence-corrected chi connectivity index (χ0v) is 11.1. The van der Waals surface area contributed by atoms with Gasteiger partial charge in [0.15, 0.2) is 0 Å². The molecule has 1 aromatic rings. The van der Waals surface area contributed by atoms with E-state index in [-0.39, 0.29) is 19.0 Å². The van der Waals surface area contributed by atoms with Gasteiger partial charge in [-0.15, -0.1) is 16.9 Å². The molecule has 0 aliphatic carbocycles. The first-order chi connectivity index (χ1) is 8.47. The minimum absolute atomic E-state index is 0.0681. The fourth-order valence-electron chi connectivity index (χ4n) is 1.12. The summed E-state index contributed by atoms with van der Waals surface area (Å²) >= 11 is 1.56. The largest absolute Gasteiger partial charge is 0.480 e. The summed E-state index contributed by atoms with van der Waals surface area (Å²) in [6.45, 7) is 4.08. The average Bonchev–Trinajstić information content (AvgIpc) is 2.70. The number of thioether (sulfide) groups is 1. The van der Waals surface area contributed by atoms with Gasteiger partial charge in [0.2, 0.25) is 5.91 Å². The van der Waals surface area contributed by atoms with Crippen molar-refractivity contribution >= 4 is 23.6 Å². The lowest BCUT2D eigenvalue weighted by Gasteiger charge is -2.04. The number of hydrogen-bond acceptors (Lipinski definition) is 5. The summed E-state index contributed by atoms with van der Waals surface area (Å²) in [5.41, 5.74) is 0.541. The number of rotatable bonds is 7. The number of nitrogens with one attached hydrogen (secondary N) is 1. The number of carboxylic acids is 1. The maximum Gasteiger partial charge on any atom is 0.325 e. The summed E-state index contributed by atoms with van der Waals surface area (Å²) in [7, 11) is 0. The number of carbonyl (C=O) groups is 2. The zero-order valence-electron chi connectivity index (χ0n) is 10.3. The fraction of sp³-hybridized carbons (Fsp3) is 0.600. The normalized spacial score (nSPS) is 10.6. The Morgan fingerprint density at radius 3 is 2.89 bits per heavy atom. The molecule has 2 N–H and O–H groups in total. The standard InChI is InChI=1S/C10H16N4O3S/c1-7(2)18-6-9(15)11-3-8-4-14(13-12-8)5-10(16)17/h4,7H,3,5-6H2,1-2H3,(H,11,15)(H,16,17). The first-order valence-corrected chi connectivity index (χ1v) is 6.51. The molecule has 0 saturated heterocycles. The highest BCUT2D eigenvalue weighted by atomic mass is 32.2. The number of carboxylic acid groups (broad SMARTS) is 1. The number of carbonyl (C=O) groups excluding carboxylic acids is 1. The smallest absolute Gasteiger partial charge is 0.325 e. The van der Waals surface area contributed by atoms with Gasteiger partial charge in [0, 0.05) is 0 Å². The molecule has 1 heterocycles. The summed E-state index contributed by atoms with van der Waals surface area (Å²) in [4.78, 5) is 21.9. The van der Waals surface area contributed by atoms with Crippen LogP contribution in [0, 0.1) is 0 Å². The van der Waals surface area contributed by atoms with E-state index in [0.29, 0.717) is 16.7 Å². The van der Waals surface area contributed by atoms with Crippen LogP contribution >= 0.6 is 11.8 Å². The van der Waals surface area contributed by atoms with Crippen molar-refractivity contribution in [3.63, 3.8) is 0 Å². The first-order valence-electron chi connectivity index (χ1n) is 5.46. The van der Waals surface area contributed by atoms with Gasteiger partial charge in [-0.1, -0.05) is 19.1 Å². The molecule has 1 amide bonds. The van der Waals surface area contributed by atoms with Crippen LogP contribution in [0.25, 0.3) is 0 Å². The Labute approximate surface area is 109 Å². The summed E-state index contributed by atoms with van der Waals surface area (Å²) in [5.74, 6) is -0.647. The molecule has 0 aliphatic rings. The molecular weight excluding hydrogens is 256 g/mol. The first kappa shape index (κ1) is 14.5. The molecule has 0 radical (unpaired) electrons. The molecule has 7 nitrogen and oxygen atoms in total. The van der Waals surface area contributed by atoms with E-state index in [1.54, 1.807) is 11.8 Å². The number of nitrogens with zero attached hydrogens (tertiary/aromatic N) is 3. The van der Waals surface area contributed by atoms with Gasteiger partial charge < -0.3 is 10.4 Å². The van der Waals surface area contributed by atoms with Crippen LogP contribution < -0.4 is 5.32 Å². The van der Waals surface area contributed by atoms with E-state index < -0.39 is 5.97 Å². The van der Waals surface area contributed by atoms with Crippen LogP contribution in [0.1, 0.15) is 19.5 Å². The number of aliphatic carboxylic acids is 1. The average molecular weight is 272 g/mol. The zero-order chi connectivity index (χ0) is 13.5. The Bertz CT molecular complexity index is 419. The van der Waals surface area contributed by atoms with Crippen LogP contribution in [0.4, 0.5) is 0 Å². The Morgan fingerprint density at radius 2 is 2.28 bits per heavy atom. The van der Waals surface area contributed by atoms with E-state index in [4.69, 9.17) is 5.11 Å². The highest BCUT2D eigenvalue weighted by molar-refractivity contribution is 8.00. The summed E-state index contributed by atoms with van der Waals surface area (Å²) in [6.07, 6.45) is 1.50. The van der Waals surface area contributed by atoms with E-state index in [1.165, 1.54) is 10.9 Å². The van der Waals surface area contributed by atoms with Crippen molar-refractivity contribution < 1.29 is 14.7 Å². The summed E-state index contributed by atoms with van der Waals surface area (Å²) in [6, 6.07) is 0. The Kier molecular flexibility index (Phi) is 5.63. The molecule has 0 bridgehead atoms. The molecule has 0 atom stereocenters. The topological polar surface area (TPSA) is 97.1 Å². The van der Waals surface area contributed by atoms with Crippen molar-refractivity contribution in [1.29, 1.82) is 0 Å². The highest BCUT2D eigenvalue weighted by Gasteiger charge is 2.07. The van der Waals surface area contributed by atoms with Crippen molar-refractivity contribution in [3.05, 3.63) is 11.9 Å². The predicted octanol–water partition coefficient (Wildman–Crippen LogP) is 0.120. The third-order valence-electron chi connectivity index (χ3n) is 1.90. The highest BCUT2D eigenvalue weighted by Crippen LogP contribution is 2.07. The van der Waals surface area contributed by atoms with Gasteiger partial charge in [0.05, 0.1) is 18.5 Å². The second-order valence-corrected chi connectivity index (χ2v) is 5.50. The minimum Gasteiger partial charge on any atom is -0.480 e. The molecule has 1 rings (SSSR count). The van der Waals surface area contributed by atoms with E-state index in [2.05, 4.69) is 15.6 Å². The minimum atomic E-state index is -0.983. The van der Waals surface area contributed by atoms with Crippen LogP contribution in [0.5, 0.6) is 0 Å². The molecule has 0 unspecified atom stereocenters. The van der Waals surface area contributed by atoms with Gasteiger partial charge in [0.25, 0.3) is 0 Å². The Balaban J connectivity index is 2.32. The third kappa shape index (κ3) is 5.67. The van der Waals surface area contributed by atoms with Gasteiger partial charge in [-0.3, -0.25) is 9.59 Å². The monoisotopic (exact) mass is 272 g/mol. The Morgan fingerprint density at radius 1 is 1.56 bits per heavy atom. The van der Waals surface area contributed by atoms with Gasteiger partial charge in [-0.25, -0.2) is 4.68 Å². The number of hydrogen-bond donors (Lipinski definition) is 2. The number of aromatic nitrogens is 3. The van der Waals surface area contributed by atoms with E-state index in [9.17, 15) is 9.59 Å². The van der Waals surface area contributed by atoms with Crippen molar-refractivity contribution in [1.82, 2.24) is 20.3 Å². The van der Waals surface area contributed by atoms with E-state index in [0.717, 1.165) is 0 Å². The molecule has 18 heavy (non-hydrogen) atoms. The van der Waals surface area contributed by atoms with Crippen LogP contribution in [0.2, 0.25) is 0 Å². The second kappa shape index (κ2) is 7.00. The molecule has 0 saturated carbocycles. The van der Waals surface area contributed by atoms with Crippen LogP contribution in [0.3, 0.4) is 0 Å². The van der Waals surface area contributed by atoms with E-state index in [1.807, 2.05) is 13.8 Å². The molecule has 0 aliphatic heterocycles. The summed E-state index contributed by atoms with van der Waals surface area (Å²) in [5, 5.41) is 19.1. The van der Waals surface area contributed by atoms with Crippen molar-refractivity contribution in [2.24, 2.45) is 0 Å².